The number of sulfonamides is 1. The smallest absolute Gasteiger partial charge is 0.264 e. The fraction of sp³-hybridized carbons (Fsp3) is 0.321. The van der Waals surface area contributed by atoms with Gasteiger partial charge in [0.15, 0.2) is 0 Å². The third kappa shape index (κ3) is 5.85. The minimum atomic E-state index is -4.00. The van der Waals surface area contributed by atoms with Crippen molar-refractivity contribution < 1.29 is 13.2 Å². The van der Waals surface area contributed by atoms with Crippen molar-refractivity contribution in [3.05, 3.63) is 88.4 Å². The Kier molecular flexibility index (Phi) is 7.91. The molecule has 0 radical (unpaired) electrons. The topological polar surface area (TPSA) is 69.7 Å². The number of hydrogen-bond acceptors (Lipinski definition) is 4. The van der Waals surface area contributed by atoms with Gasteiger partial charge in [0, 0.05) is 23.8 Å². The molecule has 0 aromatic heterocycles. The summed E-state index contributed by atoms with van der Waals surface area (Å²) in [5.74, 6) is -0.387. The van der Waals surface area contributed by atoms with Gasteiger partial charge in [-0.3, -0.25) is 9.10 Å². The molecule has 1 aliphatic rings. The minimum absolute atomic E-state index is 0.0727. The second-order valence-corrected chi connectivity index (χ2v) is 11.6. The predicted molar refractivity (Wildman–Crippen MR) is 146 cm³/mol. The molecule has 0 bridgehead atoms. The van der Waals surface area contributed by atoms with Gasteiger partial charge in [0.1, 0.15) is 6.54 Å². The van der Waals surface area contributed by atoms with E-state index in [2.05, 4.69) is 22.3 Å². The predicted octanol–water partition coefficient (Wildman–Crippen LogP) is 5.63. The molecule has 1 N–H and O–H groups in total. The number of carbonyl (C=O) groups is 1. The van der Waals surface area contributed by atoms with E-state index in [0.717, 1.165) is 34.1 Å². The molecule has 4 rings (SSSR count). The molecular formula is C28H32ClN3O3S. The molecule has 1 fully saturated rings. The summed E-state index contributed by atoms with van der Waals surface area (Å²) >= 11 is 5.97. The first-order chi connectivity index (χ1) is 17.1. The van der Waals surface area contributed by atoms with Crippen LogP contribution in [0.2, 0.25) is 5.02 Å². The van der Waals surface area contributed by atoms with Crippen molar-refractivity contribution in [3.63, 3.8) is 0 Å². The lowest BCUT2D eigenvalue weighted by Crippen LogP contribution is -2.41. The fourth-order valence-electron chi connectivity index (χ4n) is 4.38. The summed E-state index contributed by atoms with van der Waals surface area (Å²) in [5, 5.41) is 3.40. The van der Waals surface area contributed by atoms with Gasteiger partial charge in [-0.05, 0) is 98.8 Å². The Labute approximate surface area is 218 Å². The molecule has 1 saturated heterocycles. The van der Waals surface area contributed by atoms with Crippen molar-refractivity contribution in [1.82, 2.24) is 5.32 Å². The number of rotatable bonds is 8. The molecule has 8 heteroatoms. The zero-order chi connectivity index (χ0) is 25.9. The quantitative estimate of drug-likeness (QED) is 0.414. The molecule has 1 aliphatic heterocycles. The van der Waals surface area contributed by atoms with E-state index in [1.807, 2.05) is 39.0 Å². The van der Waals surface area contributed by atoms with Gasteiger partial charge < -0.3 is 10.2 Å². The average molecular weight is 526 g/mol. The van der Waals surface area contributed by atoms with Crippen LogP contribution in [0, 0.1) is 13.8 Å². The zero-order valence-corrected chi connectivity index (χ0v) is 22.4. The summed E-state index contributed by atoms with van der Waals surface area (Å²) in [6.45, 7) is 7.57. The third-order valence-electron chi connectivity index (χ3n) is 6.71. The van der Waals surface area contributed by atoms with Crippen molar-refractivity contribution in [2.45, 2.75) is 44.6 Å². The van der Waals surface area contributed by atoms with Crippen molar-refractivity contribution in [2.75, 3.05) is 28.8 Å². The van der Waals surface area contributed by atoms with Crippen LogP contribution in [0.4, 0.5) is 11.4 Å². The molecule has 0 aliphatic carbocycles. The Morgan fingerprint density at radius 2 is 1.61 bits per heavy atom. The van der Waals surface area contributed by atoms with Gasteiger partial charge in [-0.2, -0.15) is 0 Å². The molecule has 1 amide bonds. The highest BCUT2D eigenvalue weighted by Crippen LogP contribution is 2.27. The number of amides is 1. The van der Waals surface area contributed by atoms with Crippen LogP contribution in [0.5, 0.6) is 0 Å². The fourth-order valence-corrected chi connectivity index (χ4v) is 5.92. The van der Waals surface area contributed by atoms with Gasteiger partial charge in [-0.15, -0.1) is 0 Å². The molecular weight excluding hydrogens is 494 g/mol. The van der Waals surface area contributed by atoms with Crippen LogP contribution in [-0.4, -0.2) is 34.0 Å². The van der Waals surface area contributed by atoms with Gasteiger partial charge in [0.05, 0.1) is 16.6 Å². The van der Waals surface area contributed by atoms with Crippen LogP contribution in [0.15, 0.2) is 71.6 Å². The second kappa shape index (κ2) is 10.9. The summed E-state index contributed by atoms with van der Waals surface area (Å²) in [4.78, 5) is 15.6. The monoisotopic (exact) mass is 525 g/mol. The van der Waals surface area contributed by atoms with E-state index in [9.17, 15) is 13.2 Å². The lowest BCUT2D eigenvalue weighted by Gasteiger charge is -2.26. The van der Waals surface area contributed by atoms with E-state index in [1.54, 1.807) is 12.1 Å². The Balaban J connectivity index is 1.54. The van der Waals surface area contributed by atoms with Gasteiger partial charge in [0.2, 0.25) is 5.91 Å². The molecule has 0 saturated carbocycles. The summed E-state index contributed by atoms with van der Waals surface area (Å²) in [5.41, 5.74) is 4.56. The van der Waals surface area contributed by atoms with Crippen molar-refractivity contribution >= 4 is 38.9 Å². The van der Waals surface area contributed by atoms with E-state index < -0.39 is 10.0 Å². The van der Waals surface area contributed by atoms with E-state index in [1.165, 1.54) is 42.8 Å². The maximum atomic E-state index is 13.6. The summed E-state index contributed by atoms with van der Waals surface area (Å²) < 4.78 is 28.3. The summed E-state index contributed by atoms with van der Waals surface area (Å²) in [6.07, 6.45) is 2.42. The molecule has 6 nitrogen and oxygen atoms in total. The van der Waals surface area contributed by atoms with E-state index in [0.29, 0.717) is 10.7 Å². The number of nitrogens with zero attached hydrogens (tertiary/aromatic N) is 2. The van der Waals surface area contributed by atoms with Crippen molar-refractivity contribution in [3.8, 4) is 0 Å². The minimum Gasteiger partial charge on any atom is -0.372 e. The van der Waals surface area contributed by atoms with Crippen LogP contribution in [-0.2, 0) is 14.8 Å². The SMILES string of the molecule is Cc1ccc(N(CC(=O)NC(C)c2ccc(N3CCCC3)cc2)S(=O)(=O)c2ccc(Cl)cc2)cc1C. The number of aryl methyl sites for hydroxylation is 2. The molecule has 3 aromatic carbocycles. The maximum Gasteiger partial charge on any atom is 0.264 e. The molecule has 0 spiro atoms. The van der Waals surface area contributed by atoms with Gasteiger partial charge in [0.25, 0.3) is 10.0 Å². The van der Waals surface area contributed by atoms with Crippen LogP contribution in [0.1, 0.15) is 42.5 Å². The highest BCUT2D eigenvalue weighted by atomic mass is 35.5. The highest BCUT2D eigenvalue weighted by Gasteiger charge is 2.28. The maximum absolute atomic E-state index is 13.6. The van der Waals surface area contributed by atoms with Gasteiger partial charge >= 0.3 is 0 Å². The first-order valence-corrected chi connectivity index (χ1v) is 14.0. The van der Waals surface area contributed by atoms with E-state index in [4.69, 9.17) is 11.6 Å². The largest absolute Gasteiger partial charge is 0.372 e. The molecule has 36 heavy (non-hydrogen) atoms. The van der Waals surface area contributed by atoms with Gasteiger partial charge in [-0.1, -0.05) is 29.8 Å². The Bertz CT molecular complexity index is 1320. The lowest BCUT2D eigenvalue weighted by molar-refractivity contribution is -0.120. The summed E-state index contributed by atoms with van der Waals surface area (Å²) in [7, 11) is -4.00. The highest BCUT2D eigenvalue weighted by molar-refractivity contribution is 7.92. The lowest BCUT2D eigenvalue weighted by atomic mass is 10.1. The molecule has 190 valence electrons. The molecule has 1 heterocycles. The zero-order valence-electron chi connectivity index (χ0n) is 20.9. The molecule has 1 unspecified atom stereocenters. The van der Waals surface area contributed by atoms with Crippen LogP contribution in [0.25, 0.3) is 0 Å². The Morgan fingerprint density at radius 1 is 0.972 bits per heavy atom. The van der Waals surface area contributed by atoms with Crippen molar-refractivity contribution in [2.24, 2.45) is 0 Å². The number of anilines is 2. The second-order valence-electron chi connectivity index (χ2n) is 9.31. The number of hydrogen-bond donors (Lipinski definition) is 1. The van der Waals surface area contributed by atoms with Crippen LogP contribution in [0.3, 0.4) is 0 Å². The van der Waals surface area contributed by atoms with Crippen LogP contribution < -0.4 is 14.5 Å². The third-order valence-corrected chi connectivity index (χ3v) is 8.75. The Hall–Kier alpha value is -3.03. The first kappa shape index (κ1) is 26.0. The number of benzene rings is 3. The van der Waals surface area contributed by atoms with Crippen molar-refractivity contribution in [1.29, 1.82) is 0 Å². The molecule has 1 atom stereocenters. The normalized spacial score (nSPS) is 14.5. The number of halogens is 1. The standard InChI is InChI=1S/C28H32ClN3O3S/c1-20-6-11-26(18-21(20)2)32(36(34,35)27-14-9-24(29)10-15-27)19-28(33)30-22(3)23-7-12-25(13-8-23)31-16-4-5-17-31/h6-15,18,22H,4-5,16-17,19H2,1-3H3,(H,30,33). The van der Waals surface area contributed by atoms with Gasteiger partial charge in [-0.25, -0.2) is 8.42 Å². The number of nitrogens with one attached hydrogen (secondary N) is 1. The average Bonchev–Trinajstić information content (AvgIpc) is 3.40. The van der Waals surface area contributed by atoms with E-state index >= 15 is 0 Å². The molecule has 3 aromatic rings. The Morgan fingerprint density at radius 3 is 2.22 bits per heavy atom. The number of carbonyl (C=O) groups excluding carboxylic acids is 1. The van der Waals surface area contributed by atoms with Crippen LogP contribution >= 0.6 is 11.6 Å². The first-order valence-electron chi connectivity index (χ1n) is 12.1. The van der Waals surface area contributed by atoms with E-state index in [-0.39, 0.29) is 23.4 Å². The summed E-state index contributed by atoms with van der Waals surface area (Å²) in [6, 6.07) is 19.3.